The molecule has 0 saturated heterocycles. The molecule has 0 fully saturated rings. The Labute approximate surface area is 114 Å². The van der Waals surface area contributed by atoms with Crippen LogP contribution in [0.25, 0.3) is 0 Å². The topological polar surface area (TPSA) is 33.1 Å². The minimum absolute atomic E-state index is 0.210. The van der Waals surface area contributed by atoms with Gasteiger partial charge in [-0.15, -0.1) is 0 Å². The Morgan fingerprint density at radius 3 is 2.83 bits per heavy atom. The summed E-state index contributed by atoms with van der Waals surface area (Å²) in [6.45, 7) is 1.93. The second-order valence-electron chi connectivity index (χ2n) is 4.21. The molecular formula is C14H13BrFNO. The summed E-state index contributed by atoms with van der Waals surface area (Å²) in [4.78, 5) is 4.10. The summed E-state index contributed by atoms with van der Waals surface area (Å²) in [5.74, 6) is -0.315. The molecule has 1 aromatic heterocycles. The van der Waals surface area contributed by atoms with E-state index in [9.17, 15) is 9.50 Å². The molecule has 0 aliphatic heterocycles. The molecular weight excluding hydrogens is 297 g/mol. The first kappa shape index (κ1) is 13.2. The van der Waals surface area contributed by atoms with Crippen molar-refractivity contribution in [3.63, 3.8) is 0 Å². The second kappa shape index (κ2) is 5.59. The van der Waals surface area contributed by atoms with Crippen LogP contribution in [-0.2, 0) is 6.42 Å². The van der Waals surface area contributed by atoms with E-state index < -0.39 is 6.10 Å². The number of pyridine rings is 1. The van der Waals surface area contributed by atoms with Crippen LogP contribution in [0.2, 0.25) is 0 Å². The number of rotatable bonds is 3. The molecule has 0 saturated carbocycles. The fraction of sp³-hybridized carbons (Fsp3) is 0.214. The largest absolute Gasteiger partial charge is 0.386 e. The van der Waals surface area contributed by atoms with Gasteiger partial charge in [0.15, 0.2) is 0 Å². The lowest BCUT2D eigenvalue weighted by atomic mass is 10.0. The summed E-state index contributed by atoms with van der Waals surface area (Å²) in [7, 11) is 0. The smallest absolute Gasteiger partial charge is 0.126 e. The van der Waals surface area contributed by atoms with E-state index in [-0.39, 0.29) is 12.2 Å². The van der Waals surface area contributed by atoms with Gasteiger partial charge in [-0.3, -0.25) is 4.98 Å². The van der Waals surface area contributed by atoms with Gasteiger partial charge in [-0.1, -0.05) is 15.9 Å². The Morgan fingerprint density at radius 2 is 2.11 bits per heavy atom. The zero-order chi connectivity index (χ0) is 13.1. The van der Waals surface area contributed by atoms with Gasteiger partial charge in [0.25, 0.3) is 0 Å². The van der Waals surface area contributed by atoms with Crippen molar-refractivity contribution in [3.05, 3.63) is 63.6 Å². The Kier molecular flexibility index (Phi) is 4.09. The number of benzene rings is 1. The van der Waals surface area contributed by atoms with Crippen molar-refractivity contribution >= 4 is 15.9 Å². The van der Waals surface area contributed by atoms with E-state index in [4.69, 9.17) is 0 Å². The molecule has 0 radical (unpaired) electrons. The highest BCUT2D eigenvalue weighted by atomic mass is 79.9. The normalized spacial score (nSPS) is 12.4. The maximum atomic E-state index is 13.6. The number of aryl methyl sites for hydroxylation is 1. The number of aliphatic hydroxyl groups is 1. The van der Waals surface area contributed by atoms with E-state index >= 15 is 0 Å². The highest BCUT2D eigenvalue weighted by Crippen LogP contribution is 2.22. The Morgan fingerprint density at radius 1 is 1.33 bits per heavy atom. The molecule has 1 atom stereocenters. The summed E-state index contributed by atoms with van der Waals surface area (Å²) < 4.78 is 14.4. The van der Waals surface area contributed by atoms with Gasteiger partial charge in [0.2, 0.25) is 0 Å². The highest BCUT2D eigenvalue weighted by molar-refractivity contribution is 9.10. The zero-order valence-corrected chi connectivity index (χ0v) is 11.5. The predicted molar refractivity (Wildman–Crippen MR) is 71.7 cm³/mol. The van der Waals surface area contributed by atoms with Crippen LogP contribution in [0.1, 0.15) is 22.9 Å². The van der Waals surface area contributed by atoms with Crippen LogP contribution in [0.4, 0.5) is 4.39 Å². The van der Waals surface area contributed by atoms with Gasteiger partial charge in [0.1, 0.15) is 11.9 Å². The quantitative estimate of drug-likeness (QED) is 0.940. The molecule has 4 heteroatoms. The van der Waals surface area contributed by atoms with Gasteiger partial charge >= 0.3 is 0 Å². The molecule has 0 spiro atoms. The molecule has 0 aliphatic rings. The van der Waals surface area contributed by atoms with Gasteiger partial charge in [0.05, 0.1) is 5.69 Å². The Bertz CT molecular complexity index is 559. The lowest BCUT2D eigenvalue weighted by Crippen LogP contribution is -2.05. The fourth-order valence-electron chi connectivity index (χ4n) is 1.75. The molecule has 2 nitrogen and oxygen atoms in total. The molecule has 2 rings (SSSR count). The first-order chi connectivity index (χ1) is 8.56. The van der Waals surface area contributed by atoms with Crippen LogP contribution in [0.15, 0.2) is 41.0 Å². The van der Waals surface area contributed by atoms with Gasteiger partial charge in [0, 0.05) is 17.1 Å². The highest BCUT2D eigenvalue weighted by Gasteiger charge is 2.13. The van der Waals surface area contributed by atoms with E-state index in [1.165, 1.54) is 6.07 Å². The molecule has 1 heterocycles. The van der Waals surface area contributed by atoms with Crippen molar-refractivity contribution in [1.82, 2.24) is 4.98 Å². The summed E-state index contributed by atoms with van der Waals surface area (Å²) in [5.41, 5.74) is 2.06. The standard InChI is InChI=1S/C14H13BrFNO/c1-9-4-5-17-13(6-9)14(18)8-10-7-11(15)2-3-12(10)16/h2-7,14,18H,8H2,1H3. The maximum absolute atomic E-state index is 13.6. The van der Waals surface area contributed by atoms with Crippen molar-refractivity contribution in [3.8, 4) is 0 Å². The maximum Gasteiger partial charge on any atom is 0.126 e. The number of halogens is 2. The SMILES string of the molecule is Cc1ccnc(C(O)Cc2cc(Br)ccc2F)c1. The molecule has 94 valence electrons. The van der Waals surface area contributed by atoms with Crippen LogP contribution in [0, 0.1) is 12.7 Å². The van der Waals surface area contributed by atoms with Crippen LogP contribution in [0.5, 0.6) is 0 Å². The summed E-state index contributed by atoms with van der Waals surface area (Å²) in [6.07, 6.45) is 1.06. The summed E-state index contributed by atoms with van der Waals surface area (Å²) >= 11 is 3.29. The molecule has 1 unspecified atom stereocenters. The van der Waals surface area contributed by atoms with Crippen molar-refractivity contribution in [2.45, 2.75) is 19.4 Å². The van der Waals surface area contributed by atoms with E-state index in [0.29, 0.717) is 11.3 Å². The van der Waals surface area contributed by atoms with Crippen LogP contribution in [0.3, 0.4) is 0 Å². The van der Waals surface area contributed by atoms with Crippen molar-refractivity contribution in [2.24, 2.45) is 0 Å². The van der Waals surface area contributed by atoms with Crippen LogP contribution in [-0.4, -0.2) is 10.1 Å². The first-order valence-electron chi connectivity index (χ1n) is 5.61. The van der Waals surface area contributed by atoms with Crippen molar-refractivity contribution in [1.29, 1.82) is 0 Å². The lowest BCUT2D eigenvalue weighted by Gasteiger charge is -2.11. The molecule has 18 heavy (non-hydrogen) atoms. The monoisotopic (exact) mass is 309 g/mol. The number of aliphatic hydroxyl groups excluding tert-OH is 1. The molecule has 2 aromatic rings. The minimum Gasteiger partial charge on any atom is -0.386 e. The van der Waals surface area contributed by atoms with Gasteiger partial charge in [-0.2, -0.15) is 0 Å². The Hall–Kier alpha value is -1.26. The third kappa shape index (κ3) is 3.15. The lowest BCUT2D eigenvalue weighted by molar-refractivity contribution is 0.172. The zero-order valence-electron chi connectivity index (χ0n) is 9.90. The number of hydrogen-bond donors (Lipinski definition) is 1. The molecule has 1 aromatic carbocycles. The molecule has 0 amide bonds. The van der Waals surface area contributed by atoms with Gasteiger partial charge < -0.3 is 5.11 Å². The summed E-state index contributed by atoms with van der Waals surface area (Å²) in [5, 5.41) is 10.1. The minimum atomic E-state index is -0.798. The molecule has 0 bridgehead atoms. The summed E-state index contributed by atoms with van der Waals surface area (Å²) in [6, 6.07) is 8.36. The Balaban J connectivity index is 2.21. The van der Waals surface area contributed by atoms with Gasteiger partial charge in [-0.05, 0) is 48.4 Å². The molecule has 1 N–H and O–H groups in total. The third-order valence-corrected chi connectivity index (χ3v) is 3.19. The first-order valence-corrected chi connectivity index (χ1v) is 6.40. The fourth-order valence-corrected chi connectivity index (χ4v) is 2.16. The number of hydrogen-bond acceptors (Lipinski definition) is 2. The average molecular weight is 310 g/mol. The van der Waals surface area contributed by atoms with E-state index in [1.54, 1.807) is 24.4 Å². The van der Waals surface area contributed by atoms with E-state index in [0.717, 1.165) is 10.0 Å². The predicted octanol–water partition coefficient (Wildman–Crippen LogP) is 3.57. The van der Waals surface area contributed by atoms with Gasteiger partial charge in [-0.25, -0.2) is 4.39 Å². The van der Waals surface area contributed by atoms with E-state index in [2.05, 4.69) is 20.9 Å². The van der Waals surface area contributed by atoms with Crippen molar-refractivity contribution in [2.75, 3.05) is 0 Å². The van der Waals surface area contributed by atoms with Crippen LogP contribution >= 0.6 is 15.9 Å². The number of aromatic nitrogens is 1. The average Bonchev–Trinajstić information content (AvgIpc) is 2.34. The van der Waals surface area contributed by atoms with Crippen molar-refractivity contribution < 1.29 is 9.50 Å². The second-order valence-corrected chi connectivity index (χ2v) is 5.13. The third-order valence-electron chi connectivity index (χ3n) is 2.70. The van der Waals surface area contributed by atoms with Crippen LogP contribution < -0.4 is 0 Å². The van der Waals surface area contributed by atoms with E-state index in [1.807, 2.05) is 13.0 Å². The number of nitrogens with zero attached hydrogens (tertiary/aromatic N) is 1. The molecule has 0 aliphatic carbocycles.